The highest BCUT2D eigenvalue weighted by atomic mass is 16.6. The summed E-state index contributed by atoms with van der Waals surface area (Å²) in [6.45, 7) is 11.6. The zero-order valence-corrected chi connectivity index (χ0v) is 17.5. The van der Waals surface area contributed by atoms with Crippen LogP contribution in [0.25, 0.3) is 0 Å². The van der Waals surface area contributed by atoms with Gasteiger partial charge in [0.2, 0.25) is 0 Å². The first kappa shape index (κ1) is 22.6. The molecule has 0 radical (unpaired) electrons. The van der Waals surface area contributed by atoms with Gasteiger partial charge in [-0.3, -0.25) is 4.57 Å². The summed E-state index contributed by atoms with van der Waals surface area (Å²) >= 11 is 0. The third kappa shape index (κ3) is 7.03. The van der Waals surface area contributed by atoms with Crippen molar-refractivity contribution in [2.75, 3.05) is 53.0 Å². The Bertz CT molecular complexity index is 587. The molecular weight excluding hydrogens is 362 g/mol. The Morgan fingerprint density at radius 3 is 2.64 bits per heavy atom. The first-order valence-corrected chi connectivity index (χ1v) is 10.5. The monoisotopic (exact) mass is 397 g/mol. The SMILES string of the molecule is CC.CN1CCN(CCCCCCOC2COc3nc([N+](=O)[O-])cn3C2)CC1. The van der Waals surface area contributed by atoms with Gasteiger partial charge in [0.25, 0.3) is 0 Å². The first-order chi connectivity index (χ1) is 13.6. The summed E-state index contributed by atoms with van der Waals surface area (Å²) in [6.07, 6.45) is 6.02. The van der Waals surface area contributed by atoms with Crippen LogP contribution in [-0.2, 0) is 11.3 Å². The van der Waals surface area contributed by atoms with E-state index in [1.807, 2.05) is 13.8 Å². The topological polar surface area (TPSA) is 85.9 Å². The van der Waals surface area contributed by atoms with E-state index in [4.69, 9.17) is 9.47 Å². The molecule has 3 rings (SSSR count). The molecule has 1 unspecified atom stereocenters. The molecular formula is C19H35N5O4. The minimum Gasteiger partial charge on any atom is -0.443 e. The van der Waals surface area contributed by atoms with Crippen molar-refractivity contribution in [1.29, 1.82) is 0 Å². The zero-order chi connectivity index (χ0) is 20.4. The van der Waals surface area contributed by atoms with E-state index in [1.54, 1.807) is 4.57 Å². The van der Waals surface area contributed by atoms with E-state index in [2.05, 4.69) is 21.8 Å². The standard InChI is InChI=1S/C17H29N5O4.C2H6/c1-19-7-9-20(10-8-19)6-4-2-3-5-11-25-15-12-21-13-16(22(23)24)18-17(21)26-14-15;1-2/h13,15H,2-12,14H2,1H3;1-2H3. The van der Waals surface area contributed by atoms with E-state index in [-0.39, 0.29) is 11.9 Å². The molecule has 1 atom stereocenters. The van der Waals surface area contributed by atoms with Crippen LogP contribution in [0.5, 0.6) is 6.01 Å². The van der Waals surface area contributed by atoms with Crippen LogP contribution >= 0.6 is 0 Å². The Balaban J connectivity index is 0.00000136. The normalized spacial score (nSPS) is 20.0. The maximum atomic E-state index is 10.8. The van der Waals surface area contributed by atoms with Gasteiger partial charge in [-0.05, 0) is 31.4 Å². The molecule has 9 nitrogen and oxygen atoms in total. The summed E-state index contributed by atoms with van der Waals surface area (Å²) in [7, 11) is 2.18. The Morgan fingerprint density at radius 1 is 1.21 bits per heavy atom. The molecule has 160 valence electrons. The van der Waals surface area contributed by atoms with Crippen molar-refractivity contribution in [2.45, 2.75) is 52.2 Å². The van der Waals surface area contributed by atoms with Crippen LogP contribution in [0.2, 0.25) is 0 Å². The van der Waals surface area contributed by atoms with Gasteiger partial charge in [0.15, 0.2) is 0 Å². The Hall–Kier alpha value is -1.71. The van der Waals surface area contributed by atoms with Gasteiger partial charge < -0.3 is 29.4 Å². The average molecular weight is 398 g/mol. The second-order valence-corrected chi connectivity index (χ2v) is 7.15. The summed E-state index contributed by atoms with van der Waals surface area (Å²) in [5.74, 6) is -0.180. The lowest BCUT2D eigenvalue weighted by molar-refractivity contribution is -0.389. The molecule has 3 heterocycles. The molecule has 0 aromatic carbocycles. The number of fused-ring (bicyclic) bond motifs is 1. The van der Waals surface area contributed by atoms with Crippen molar-refractivity contribution in [3.63, 3.8) is 0 Å². The van der Waals surface area contributed by atoms with Crippen LogP contribution in [0.1, 0.15) is 39.5 Å². The molecule has 1 aromatic heterocycles. The van der Waals surface area contributed by atoms with Gasteiger partial charge in [0.1, 0.15) is 18.9 Å². The summed E-state index contributed by atoms with van der Waals surface area (Å²) in [4.78, 5) is 19.0. The number of hydrogen-bond donors (Lipinski definition) is 0. The van der Waals surface area contributed by atoms with Crippen LogP contribution < -0.4 is 4.74 Å². The molecule has 1 fully saturated rings. The van der Waals surface area contributed by atoms with Crippen LogP contribution in [0.4, 0.5) is 5.82 Å². The van der Waals surface area contributed by atoms with Crippen molar-refractivity contribution >= 4 is 5.82 Å². The van der Waals surface area contributed by atoms with Gasteiger partial charge in [-0.25, -0.2) is 0 Å². The van der Waals surface area contributed by atoms with Crippen molar-refractivity contribution < 1.29 is 14.4 Å². The fourth-order valence-electron chi connectivity index (χ4n) is 3.37. The summed E-state index contributed by atoms with van der Waals surface area (Å²) in [5.41, 5.74) is 0. The van der Waals surface area contributed by atoms with Gasteiger partial charge in [-0.2, -0.15) is 0 Å². The van der Waals surface area contributed by atoms with Crippen LogP contribution in [0, 0.1) is 10.1 Å². The van der Waals surface area contributed by atoms with Crippen molar-refractivity contribution in [1.82, 2.24) is 19.4 Å². The maximum absolute atomic E-state index is 10.8. The van der Waals surface area contributed by atoms with E-state index in [9.17, 15) is 10.1 Å². The Kier molecular flexibility index (Phi) is 9.66. The lowest BCUT2D eigenvalue weighted by Crippen LogP contribution is -2.44. The second kappa shape index (κ2) is 12.0. The second-order valence-electron chi connectivity index (χ2n) is 7.15. The maximum Gasteiger partial charge on any atom is 0.414 e. The third-order valence-corrected chi connectivity index (χ3v) is 5.03. The minimum atomic E-state index is -0.507. The molecule has 28 heavy (non-hydrogen) atoms. The fraction of sp³-hybridized carbons (Fsp3) is 0.842. The number of ether oxygens (including phenoxy) is 2. The molecule has 1 aromatic rings. The van der Waals surface area contributed by atoms with Gasteiger partial charge in [0, 0.05) is 37.8 Å². The molecule has 0 saturated carbocycles. The molecule has 0 aliphatic carbocycles. The lowest BCUT2D eigenvalue weighted by Gasteiger charge is -2.32. The van der Waals surface area contributed by atoms with Gasteiger partial charge >= 0.3 is 11.8 Å². The van der Waals surface area contributed by atoms with E-state index >= 15 is 0 Å². The summed E-state index contributed by atoms with van der Waals surface area (Å²) in [5, 5.41) is 10.8. The van der Waals surface area contributed by atoms with Crippen LogP contribution in [-0.4, -0.2) is 83.4 Å². The molecule has 0 N–H and O–H groups in total. The smallest absolute Gasteiger partial charge is 0.414 e. The number of piperazine rings is 1. The summed E-state index contributed by atoms with van der Waals surface area (Å²) < 4.78 is 13.0. The predicted molar refractivity (Wildman–Crippen MR) is 108 cm³/mol. The quantitative estimate of drug-likeness (QED) is 0.359. The van der Waals surface area contributed by atoms with Gasteiger partial charge in [0.05, 0.1) is 6.54 Å². The third-order valence-electron chi connectivity index (χ3n) is 5.03. The largest absolute Gasteiger partial charge is 0.443 e. The number of hydrogen-bond acceptors (Lipinski definition) is 7. The number of rotatable bonds is 9. The van der Waals surface area contributed by atoms with E-state index in [1.165, 1.54) is 58.2 Å². The van der Waals surface area contributed by atoms with E-state index in [0.29, 0.717) is 25.8 Å². The highest BCUT2D eigenvalue weighted by Crippen LogP contribution is 2.22. The number of imidazole rings is 1. The number of unbranched alkanes of at least 4 members (excludes halogenated alkanes) is 3. The van der Waals surface area contributed by atoms with Crippen LogP contribution in [0.3, 0.4) is 0 Å². The molecule has 0 spiro atoms. The highest BCUT2D eigenvalue weighted by Gasteiger charge is 2.28. The van der Waals surface area contributed by atoms with Gasteiger partial charge in [-0.15, -0.1) is 0 Å². The Labute approximate surface area is 167 Å². The van der Waals surface area contributed by atoms with Crippen LogP contribution in [0.15, 0.2) is 6.20 Å². The van der Waals surface area contributed by atoms with Crippen molar-refractivity contribution in [2.24, 2.45) is 0 Å². The lowest BCUT2D eigenvalue weighted by atomic mass is 10.2. The van der Waals surface area contributed by atoms with Crippen molar-refractivity contribution in [3.05, 3.63) is 16.3 Å². The average Bonchev–Trinajstić information content (AvgIpc) is 3.14. The van der Waals surface area contributed by atoms with Crippen molar-refractivity contribution in [3.8, 4) is 6.01 Å². The zero-order valence-electron chi connectivity index (χ0n) is 17.5. The first-order valence-electron chi connectivity index (χ1n) is 10.5. The molecule has 0 amide bonds. The predicted octanol–water partition coefficient (Wildman–Crippen LogP) is 2.40. The number of nitrogens with zero attached hydrogens (tertiary/aromatic N) is 5. The number of nitro groups is 1. The fourth-order valence-corrected chi connectivity index (χ4v) is 3.37. The van der Waals surface area contributed by atoms with Gasteiger partial charge in [-0.1, -0.05) is 26.7 Å². The number of aromatic nitrogens is 2. The summed E-state index contributed by atoms with van der Waals surface area (Å²) in [6, 6.07) is 0.306. The molecule has 2 aliphatic heterocycles. The van der Waals surface area contributed by atoms with E-state index in [0.717, 1.165) is 6.42 Å². The molecule has 1 saturated heterocycles. The highest BCUT2D eigenvalue weighted by molar-refractivity contribution is 5.21. The Morgan fingerprint density at radius 2 is 1.93 bits per heavy atom. The van der Waals surface area contributed by atoms with E-state index < -0.39 is 4.92 Å². The number of likely N-dealkylation sites (N-methyl/N-ethyl adjacent to an activating group) is 1. The molecule has 2 aliphatic rings. The molecule has 9 heteroatoms. The molecule has 0 bridgehead atoms. The minimum absolute atomic E-state index is 0.0679.